The molecule has 0 bridgehead atoms. The SMILES string of the molecule is CCC(O)c1cccc(S(=O)(=O)N2CCC(O)C2)c1. The van der Waals surface area contributed by atoms with E-state index < -0.39 is 22.2 Å². The van der Waals surface area contributed by atoms with E-state index in [-0.39, 0.29) is 11.4 Å². The predicted molar refractivity (Wildman–Crippen MR) is 71.1 cm³/mol. The van der Waals surface area contributed by atoms with Gasteiger partial charge in [-0.25, -0.2) is 8.42 Å². The van der Waals surface area contributed by atoms with Crippen molar-refractivity contribution in [1.29, 1.82) is 0 Å². The van der Waals surface area contributed by atoms with Crippen LogP contribution in [0.1, 0.15) is 31.4 Å². The summed E-state index contributed by atoms with van der Waals surface area (Å²) >= 11 is 0. The lowest BCUT2D eigenvalue weighted by Gasteiger charge is -2.17. The number of β-amino-alcohol motifs (C(OH)–C–C–N with tert-alkyl or cyclic N) is 1. The number of nitrogens with zero attached hydrogens (tertiary/aromatic N) is 1. The van der Waals surface area contributed by atoms with Crippen LogP contribution in [-0.2, 0) is 10.0 Å². The highest BCUT2D eigenvalue weighted by molar-refractivity contribution is 7.89. The smallest absolute Gasteiger partial charge is 0.243 e. The van der Waals surface area contributed by atoms with Crippen molar-refractivity contribution in [2.45, 2.75) is 36.9 Å². The molecule has 1 aliphatic heterocycles. The molecule has 0 aromatic heterocycles. The van der Waals surface area contributed by atoms with Gasteiger partial charge in [-0.1, -0.05) is 19.1 Å². The van der Waals surface area contributed by atoms with Gasteiger partial charge < -0.3 is 10.2 Å². The quantitative estimate of drug-likeness (QED) is 0.861. The van der Waals surface area contributed by atoms with Gasteiger partial charge in [-0.2, -0.15) is 4.31 Å². The van der Waals surface area contributed by atoms with Gasteiger partial charge in [0.2, 0.25) is 10.0 Å². The zero-order valence-corrected chi connectivity index (χ0v) is 11.7. The Morgan fingerprint density at radius 1 is 1.47 bits per heavy atom. The Morgan fingerprint density at radius 3 is 2.79 bits per heavy atom. The highest BCUT2D eigenvalue weighted by atomic mass is 32.2. The van der Waals surface area contributed by atoms with Crippen LogP contribution in [0.2, 0.25) is 0 Å². The predicted octanol–water partition coefficient (Wildman–Crippen LogP) is 0.885. The Hall–Kier alpha value is -0.950. The molecule has 1 aromatic carbocycles. The normalized spacial score (nSPS) is 22.6. The molecule has 0 aliphatic carbocycles. The third-order valence-corrected chi connectivity index (χ3v) is 5.25. The molecule has 5 nitrogen and oxygen atoms in total. The molecule has 0 amide bonds. The van der Waals surface area contributed by atoms with Crippen molar-refractivity contribution < 1.29 is 18.6 Å². The zero-order chi connectivity index (χ0) is 14.0. The van der Waals surface area contributed by atoms with Gasteiger partial charge in [-0.15, -0.1) is 0 Å². The van der Waals surface area contributed by atoms with Crippen LogP contribution in [0.25, 0.3) is 0 Å². The van der Waals surface area contributed by atoms with Crippen molar-refractivity contribution in [1.82, 2.24) is 4.31 Å². The van der Waals surface area contributed by atoms with E-state index in [0.717, 1.165) is 0 Å². The van der Waals surface area contributed by atoms with Gasteiger partial charge in [-0.3, -0.25) is 0 Å². The molecule has 0 spiro atoms. The van der Waals surface area contributed by atoms with E-state index >= 15 is 0 Å². The first-order valence-electron chi connectivity index (χ1n) is 6.41. The minimum atomic E-state index is -3.57. The van der Waals surface area contributed by atoms with E-state index in [2.05, 4.69) is 0 Å². The molecule has 1 saturated heterocycles. The second-order valence-electron chi connectivity index (χ2n) is 4.80. The minimum absolute atomic E-state index is 0.142. The standard InChI is InChI=1S/C13H19NO4S/c1-2-13(16)10-4-3-5-12(8-10)19(17,18)14-7-6-11(15)9-14/h3-5,8,11,13,15-16H,2,6-7,9H2,1H3. The van der Waals surface area contributed by atoms with Crippen LogP contribution in [0.3, 0.4) is 0 Å². The first-order valence-corrected chi connectivity index (χ1v) is 7.85. The first kappa shape index (κ1) is 14.5. The molecule has 2 unspecified atom stereocenters. The molecule has 0 saturated carbocycles. The number of benzene rings is 1. The lowest BCUT2D eigenvalue weighted by atomic mass is 10.1. The summed E-state index contributed by atoms with van der Waals surface area (Å²) in [5, 5.41) is 19.2. The molecule has 1 fully saturated rings. The Kier molecular flexibility index (Phi) is 4.25. The summed E-state index contributed by atoms with van der Waals surface area (Å²) in [6.07, 6.45) is -0.235. The fourth-order valence-corrected chi connectivity index (χ4v) is 3.74. The molecule has 106 valence electrons. The Labute approximate surface area is 113 Å². The Morgan fingerprint density at radius 2 is 2.21 bits per heavy atom. The molecular weight excluding hydrogens is 266 g/mol. The van der Waals surface area contributed by atoms with Gasteiger partial charge in [0.1, 0.15) is 0 Å². The van der Waals surface area contributed by atoms with Crippen LogP contribution in [0.15, 0.2) is 29.2 Å². The molecule has 1 aromatic rings. The first-order chi connectivity index (χ1) is 8.95. The summed E-state index contributed by atoms with van der Waals surface area (Å²) in [6.45, 7) is 2.32. The topological polar surface area (TPSA) is 77.8 Å². The van der Waals surface area contributed by atoms with Crippen molar-refractivity contribution in [2.75, 3.05) is 13.1 Å². The van der Waals surface area contributed by atoms with Gasteiger partial charge in [0.05, 0.1) is 17.1 Å². The average molecular weight is 285 g/mol. The second kappa shape index (κ2) is 5.58. The highest BCUT2D eigenvalue weighted by Crippen LogP contribution is 2.24. The molecule has 2 rings (SSSR count). The lowest BCUT2D eigenvalue weighted by Crippen LogP contribution is -2.29. The van der Waals surface area contributed by atoms with Crippen LogP contribution in [0.5, 0.6) is 0 Å². The van der Waals surface area contributed by atoms with E-state index in [1.165, 1.54) is 16.4 Å². The number of hydrogen-bond donors (Lipinski definition) is 2. The highest BCUT2D eigenvalue weighted by Gasteiger charge is 2.31. The number of sulfonamides is 1. The summed E-state index contributed by atoms with van der Waals surface area (Å²) in [6, 6.07) is 6.37. The fourth-order valence-electron chi connectivity index (χ4n) is 2.20. The number of aliphatic hydroxyl groups excluding tert-OH is 2. The number of hydrogen-bond acceptors (Lipinski definition) is 4. The molecule has 6 heteroatoms. The lowest BCUT2D eigenvalue weighted by molar-refractivity contribution is 0.173. The summed E-state index contributed by atoms with van der Waals surface area (Å²) < 4.78 is 26.0. The van der Waals surface area contributed by atoms with Crippen molar-refractivity contribution in [3.05, 3.63) is 29.8 Å². The summed E-state index contributed by atoms with van der Waals surface area (Å²) in [4.78, 5) is 0.173. The van der Waals surface area contributed by atoms with Crippen LogP contribution in [-0.4, -0.2) is 42.1 Å². The number of rotatable bonds is 4. The van der Waals surface area contributed by atoms with Crippen LogP contribution >= 0.6 is 0 Å². The summed E-state index contributed by atoms with van der Waals surface area (Å²) in [5.41, 5.74) is 0.600. The maximum atomic E-state index is 12.4. The Balaban J connectivity index is 2.30. The largest absolute Gasteiger partial charge is 0.392 e. The maximum absolute atomic E-state index is 12.4. The zero-order valence-electron chi connectivity index (χ0n) is 10.9. The van der Waals surface area contributed by atoms with E-state index in [4.69, 9.17) is 0 Å². The average Bonchev–Trinajstić information content (AvgIpc) is 2.85. The van der Waals surface area contributed by atoms with E-state index in [0.29, 0.717) is 24.9 Å². The summed E-state index contributed by atoms with van der Waals surface area (Å²) in [5.74, 6) is 0. The third-order valence-electron chi connectivity index (χ3n) is 3.39. The molecule has 1 heterocycles. The maximum Gasteiger partial charge on any atom is 0.243 e. The van der Waals surface area contributed by atoms with Crippen molar-refractivity contribution in [2.24, 2.45) is 0 Å². The third kappa shape index (κ3) is 2.97. The van der Waals surface area contributed by atoms with Gasteiger partial charge in [-0.05, 0) is 30.5 Å². The van der Waals surface area contributed by atoms with Crippen LogP contribution in [0, 0.1) is 0 Å². The van der Waals surface area contributed by atoms with E-state index in [1.54, 1.807) is 12.1 Å². The van der Waals surface area contributed by atoms with Gasteiger partial charge >= 0.3 is 0 Å². The molecule has 2 N–H and O–H groups in total. The van der Waals surface area contributed by atoms with Crippen molar-refractivity contribution in [3.63, 3.8) is 0 Å². The van der Waals surface area contributed by atoms with Crippen molar-refractivity contribution >= 4 is 10.0 Å². The van der Waals surface area contributed by atoms with Gasteiger partial charge in [0.15, 0.2) is 0 Å². The Bertz CT molecular complexity index is 543. The fraction of sp³-hybridized carbons (Fsp3) is 0.538. The monoisotopic (exact) mass is 285 g/mol. The van der Waals surface area contributed by atoms with Crippen LogP contribution < -0.4 is 0 Å². The van der Waals surface area contributed by atoms with Gasteiger partial charge in [0.25, 0.3) is 0 Å². The van der Waals surface area contributed by atoms with Crippen molar-refractivity contribution in [3.8, 4) is 0 Å². The molecule has 2 atom stereocenters. The molecule has 19 heavy (non-hydrogen) atoms. The molecular formula is C13H19NO4S. The van der Waals surface area contributed by atoms with E-state index in [9.17, 15) is 18.6 Å². The van der Waals surface area contributed by atoms with E-state index in [1.807, 2.05) is 6.92 Å². The number of aliphatic hydroxyl groups is 2. The van der Waals surface area contributed by atoms with Gasteiger partial charge in [0, 0.05) is 13.1 Å². The summed E-state index contributed by atoms with van der Waals surface area (Å²) in [7, 11) is -3.57. The molecule has 1 aliphatic rings. The van der Waals surface area contributed by atoms with Crippen LogP contribution in [0.4, 0.5) is 0 Å². The minimum Gasteiger partial charge on any atom is -0.392 e. The molecule has 0 radical (unpaired) electrons. The second-order valence-corrected chi connectivity index (χ2v) is 6.74.